The molecule has 7 nitrogen and oxygen atoms in total. The summed E-state index contributed by atoms with van der Waals surface area (Å²) in [4.78, 5) is 27.0. The molecule has 0 bridgehead atoms. The molecule has 1 aromatic rings. The maximum atomic E-state index is 12.6. The maximum absolute atomic E-state index is 12.6. The predicted octanol–water partition coefficient (Wildman–Crippen LogP) is 1.10. The first kappa shape index (κ1) is 20.2. The van der Waals surface area contributed by atoms with Crippen molar-refractivity contribution in [2.75, 3.05) is 51.7 Å². The van der Waals surface area contributed by atoms with E-state index in [9.17, 15) is 9.59 Å². The fourth-order valence-electron chi connectivity index (χ4n) is 3.47. The second-order valence-electron chi connectivity index (χ2n) is 7.00. The summed E-state index contributed by atoms with van der Waals surface area (Å²) in [6, 6.07) is 3.87. The highest BCUT2D eigenvalue weighted by Gasteiger charge is 2.33. The van der Waals surface area contributed by atoms with Gasteiger partial charge in [-0.15, -0.1) is 0 Å². The van der Waals surface area contributed by atoms with Crippen LogP contribution in [0.15, 0.2) is 22.8 Å². The fourth-order valence-corrected chi connectivity index (χ4v) is 4.33. The van der Waals surface area contributed by atoms with Gasteiger partial charge in [0.25, 0.3) is 0 Å². The maximum Gasteiger partial charge on any atom is 0.227 e. The third kappa shape index (κ3) is 6.26. The molecule has 3 heterocycles. The van der Waals surface area contributed by atoms with Gasteiger partial charge in [0, 0.05) is 32.7 Å². The van der Waals surface area contributed by atoms with Crippen molar-refractivity contribution in [2.24, 2.45) is 11.8 Å². The monoisotopic (exact) mass is 395 g/mol. The van der Waals surface area contributed by atoms with Crippen LogP contribution < -0.4 is 10.6 Å². The van der Waals surface area contributed by atoms with Crippen LogP contribution in [0.25, 0.3) is 0 Å². The summed E-state index contributed by atoms with van der Waals surface area (Å²) in [5, 5.41) is 6.28. The average molecular weight is 396 g/mol. The molecule has 0 saturated carbocycles. The lowest BCUT2D eigenvalue weighted by Gasteiger charge is -2.34. The summed E-state index contributed by atoms with van der Waals surface area (Å²) >= 11 is 1.80. The molecule has 2 saturated heterocycles. The summed E-state index contributed by atoms with van der Waals surface area (Å²) in [5.41, 5.74) is 0. The standard InChI is InChI=1S/C19H29N3O4S/c23-18(21-4-2-10-27-14-17-3-1-7-26-17)15-11-16(13-20-12-15)19(24)22-5-8-25-9-6-22/h1,3,7,15-16,20H,2,4-6,8-14H2,(H,21,23)/t15-,16+/m1/s1. The number of carbonyl (C=O) groups excluding carboxylic acids is 2. The number of amides is 2. The first-order chi connectivity index (χ1) is 13.2. The Kier molecular flexibility index (Phi) is 8.04. The Morgan fingerprint density at radius 1 is 1.26 bits per heavy atom. The van der Waals surface area contributed by atoms with Crippen molar-refractivity contribution < 1.29 is 18.7 Å². The van der Waals surface area contributed by atoms with E-state index in [2.05, 4.69) is 10.6 Å². The number of hydrogen-bond acceptors (Lipinski definition) is 6. The molecular weight excluding hydrogens is 366 g/mol. The van der Waals surface area contributed by atoms with Gasteiger partial charge in [-0.3, -0.25) is 9.59 Å². The number of furan rings is 1. The summed E-state index contributed by atoms with van der Waals surface area (Å²) in [6.07, 6.45) is 3.24. The van der Waals surface area contributed by atoms with Crippen LogP contribution in [0.3, 0.4) is 0 Å². The summed E-state index contributed by atoms with van der Waals surface area (Å²) in [5.74, 6) is 2.77. The number of morpholine rings is 1. The normalized spacial score (nSPS) is 23.2. The van der Waals surface area contributed by atoms with Crippen molar-refractivity contribution in [3.8, 4) is 0 Å². The molecule has 2 aliphatic rings. The van der Waals surface area contributed by atoms with Crippen molar-refractivity contribution in [3.63, 3.8) is 0 Å². The third-order valence-corrected chi connectivity index (χ3v) is 6.05. The largest absolute Gasteiger partial charge is 0.468 e. The molecule has 2 atom stereocenters. The van der Waals surface area contributed by atoms with Crippen molar-refractivity contribution in [1.29, 1.82) is 0 Å². The van der Waals surface area contributed by atoms with E-state index in [0.717, 1.165) is 23.7 Å². The lowest BCUT2D eigenvalue weighted by Crippen LogP contribution is -2.51. The Morgan fingerprint density at radius 2 is 2.07 bits per heavy atom. The number of ether oxygens (including phenoxy) is 1. The van der Waals surface area contributed by atoms with Crippen molar-refractivity contribution >= 4 is 23.6 Å². The van der Waals surface area contributed by atoms with Crippen LogP contribution >= 0.6 is 11.8 Å². The predicted molar refractivity (Wildman–Crippen MR) is 104 cm³/mol. The number of piperidine rings is 1. The van der Waals surface area contributed by atoms with Gasteiger partial charge in [-0.25, -0.2) is 0 Å². The van der Waals surface area contributed by atoms with Crippen molar-refractivity contribution in [3.05, 3.63) is 24.2 Å². The Labute approximate surface area is 164 Å². The van der Waals surface area contributed by atoms with E-state index < -0.39 is 0 Å². The number of carbonyl (C=O) groups is 2. The molecule has 0 aliphatic carbocycles. The molecule has 2 fully saturated rings. The van der Waals surface area contributed by atoms with Gasteiger partial charge in [-0.1, -0.05) is 0 Å². The van der Waals surface area contributed by atoms with E-state index in [4.69, 9.17) is 9.15 Å². The Bertz CT molecular complexity index is 590. The van der Waals surface area contributed by atoms with Gasteiger partial charge in [-0.05, 0) is 30.7 Å². The topological polar surface area (TPSA) is 83.8 Å². The molecular formula is C19H29N3O4S. The van der Waals surface area contributed by atoms with Gasteiger partial charge in [0.05, 0.1) is 37.1 Å². The third-order valence-electron chi connectivity index (χ3n) is 4.98. The first-order valence-electron chi connectivity index (χ1n) is 9.69. The van der Waals surface area contributed by atoms with Gasteiger partial charge >= 0.3 is 0 Å². The molecule has 0 unspecified atom stereocenters. The molecule has 0 aromatic carbocycles. The van der Waals surface area contributed by atoms with Crippen LogP contribution in [-0.4, -0.2) is 68.4 Å². The van der Waals surface area contributed by atoms with Gasteiger partial charge in [0.2, 0.25) is 11.8 Å². The lowest BCUT2D eigenvalue weighted by molar-refractivity contribution is -0.141. The number of hydrogen-bond donors (Lipinski definition) is 2. The van der Waals surface area contributed by atoms with Crippen LogP contribution in [0.5, 0.6) is 0 Å². The van der Waals surface area contributed by atoms with Crippen LogP contribution in [-0.2, 0) is 20.1 Å². The molecule has 27 heavy (non-hydrogen) atoms. The van der Waals surface area contributed by atoms with Gasteiger partial charge < -0.3 is 24.7 Å². The van der Waals surface area contributed by atoms with E-state index in [0.29, 0.717) is 52.4 Å². The molecule has 150 valence electrons. The zero-order chi connectivity index (χ0) is 18.9. The van der Waals surface area contributed by atoms with Crippen LogP contribution in [0.4, 0.5) is 0 Å². The summed E-state index contributed by atoms with van der Waals surface area (Å²) < 4.78 is 10.6. The van der Waals surface area contributed by atoms with E-state index >= 15 is 0 Å². The van der Waals surface area contributed by atoms with Gasteiger partial charge in [0.1, 0.15) is 5.76 Å². The van der Waals surface area contributed by atoms with E-state index in [1.807, 2.05) is 17.0 Å². The minimum Gasteiger partial charge on any atom is -0.468 e. The van der Waals surface area contributed by atoms with E-state index in [1.54, 1.807) is 18.0 Å². The summed E-state index contributed by atoms with van der Waals surface area (Å²) in [7, 11) is 0. The second-order valence-corrected chi connectivity index (χ2v) is 8.11. The molecule has 3 rings (SSSR count). The molecule has 2 amide bonds. The smallest absolute Gasteiger partial charge is 0.227 e. The number of thioether (sulfide) groups is 1. The quantitative estimate of drug-likeness (QED) is 0.642. The first-order valence-corrected chi connectivity index (χ1v) is 10.8. The van der Waals surface area contributed by atoms with Gasteiger partial charge in [0.15, 0.2) is 0 Å². The summed E-state index contributed by atoms with van der Waals surface area (Å²) in [6.45, 7) is 4.49. The molecule has 0 spiro atoms. The molecule has 8 heteroatoms. The molecule has 2 aliphatic heterocycles. The SMILES string of the molecule is O=C(NCCCSCc1ccco1)[C@H]1CNC[C@@H](C(=O)N2CCOCC2)C1. The van der Waals surface area contributed by atoms with Crippen LogP contribution in [0.2, 0.25) is 0 Å². The molecule has 0 radical (unpaired) electrons. The Morgan fingerprint density at radius 3 is 2.85 bits per heavy atom. The minimum absolute atomic E-state index is 0.0537. The van der Waals surface area contributed by atoms with E-state index in [-0.39, 0.29) is 23.7 Å². The highest BCUT2D eigenvalue weighted by molar-refractivity contribution is 7.98. The Balaban J connectivity index is 1.32. The number of nitrogens with one attached hydrogen (secondary N) is 2. The van der Waals surface area contributed by atoms with E-state index in [1.165, 1.54) is 0 Å². The second kappa shape index (κ2) is 10.7. The molecule has 2 N–H and O–H groups in total. The zero-order valence-corrected chi connectivity index (χ0v) is 16.5. The minimum atomic E-state index is -0.135. The highest BCUT2D eigenvalue weighted by Crippen LogP contribution is 2.20. The van der Waals surface area contributed by atoms with Crippen LogP contribution in [0, 0.1) is 11.8 Å². The number of rotatable bonds is 8. The fraction of sp³-hybridized carbons (Fsp3) is 0.684. The molecule has 1 aromatic heterocycles. The average Bonchev–Trinajstić information content (AvgIpc) is 3.24. The van der Waals surface area contributed by atoms with Crippen molar-refractivity contribution in [1.82, 2.24) is 15.5 Å². The zero-order valence-electron chi connectivity index (χ0n) is 15.7. The van der Waals surface area contributed by atoms with Gasteiger partial charge in [-0.2, -0.15) is 11.8 Å². The highest BCUT2D eigenvalue weighted by atomic mass is 32.2. The van der Waals surface area contributed by atoms with Crippen LogP contribution in [0.1, 0.15) is 18.6 Å². The Hall–Kier alpha value is -1.51. The van der Waals surface area contributed by atoms with Crippen molar-refractivity contribution in [2.45, 2.75) is 18.6 Å². The lowest BCUT2D eigenvalue weighted by atomic mass is 9.88. The number of nitrogens with zero attached hydrogens (tertiary/aromatic N) is 1.